The Hall–Kier alpha value is -5.75. The molecule has 3 aromatic carbocycles. The molecular formula is C41H49N5O7. The van der Waals surface area contributed by atoms with Crippen molar-refractivity contribution in [3.8, 4) is 0 Å². The third-order valence-corrected chi connectivity index (χ3v) is 8.81. The first-order valence-electron chi connectivity index (χ1n) is 17.9. The lowest BCUT2D eigenvalue weighted by molar-refractivity contribution is -0.126. The second-order valence-electron chi connectivity index (χ2n) is 12.8. The van der Waals surface area contributed by atoms with Gasteiger partial charge < -0.3 is 30.5 Å². The van der Waals surface area contributed by atoms with E-state index in [0.717, 1.165) is 11.1 Å². The molecule has 12 nitrogen and oxygen atoms in total. The number of amides is 4. The van der Waals surface area contributed by atoms with E-state index in [4.69, 9.17) is 9.47 Å². The van der Waals surface area contributed by atoms with Gasteiger partial charge in [0.1, 0.15) is 12.6 Å². The van der Waals surface area contributed by atoms with Crippen LogP contribution in [0, 0.1) is 5.92 Å². The topological polar surface area (TPSA) is 168 Å². The predicted molar refractivity (Wildman–Crippen MR) is 202 cm³/mol. The number of nitrogens with zero attached hydrogens (tertiary/aromatic N) is 1. The number of ether oxygens (including phenoxy) is 2. The van der Waals surface area contributed by atoms with E-state index in [9.17, 15) is 24.3 Å². The van der Waals surface area contributed by atoms with Gasteiger partial charge in [-0.1, -0.05) is 99.1 Å². The van der Waals surface area contributed by atoms with Crippen molar-refractivity contribution in [2.45, 2.75) is 77.3 Å². The molecule has 4 amide bonds. The summed E-state index contributed by atoms with van der Waals surface area (Å²) in [7, 11) is 0. The van der Waals surface area contributed by atoms with Gasteiger partial charge in [-0.15, -0.1) is 0 Å². The number of alkyl carbamates (subject to hydrolysis) is 1. The van der Waals surface area contributed by atoms with E-state index in [1.807, 2.05) is 74.5 Å². The van der Waals surface area contributed by atoms with E-state index in [1.54, 1.807) is 55.6 Å². The fourth-order valence-corrected chi connectivity index (χ4v) is 5.80. The first kappa shape index (κ1) is 40.0. The molecule has 1 aromatic heterocycles. The number of aromatic nitrogens is 1. The van der Waals surface area contributed by atoms with Crippen LogP contribution < -0.4 is 21.3 Å². The smallest absolute Gasteiger partial charge is 0.412 e. The van der Waals surface area contributed by atoms with Gasteiger partial charge in [0, 0.05) is 12.2 Å². The van der Waals surface area contributed by atoms with Crippen LogP contribution in [-0.2, 0) is 33.7 Å². The minimum absolute atomic E-state index is 0.0459. The Kier molecular flexibility index (Phi) is 15.8. The zero-order valence-electron chi connectivity index (χ0n) is 30.4. The van der Waals surface area contributed by atoms with Crippen LogP contribution in [0.5, 0.6) is 0 Å². The maximum Gasteiger partial charge on any atom is 0.412 e. The van der Waals surface area contributed by atoms with Crippen molar-refractivity contribution in [1.82, 2.24) is 20.9 Å². The fourth-order valence-electron chi connectivity index (χ4n) is 5.80. The average molecular weight is 724 g/mol. The number of anilines is 1. The summed E-state index contributed by atoms with van der Waals surface area (Å²) in [6.45, 7) is 5.57. The van der Waals surface area contributed by atoms with E-state index in [0.29, 0.717) is 25.0 Å². The molecule has 0 fully saturated rings. The summed E-state index contributed by atoms with van der Waals surface area (Å²) in [5.41, 5.74) is 2.82. The van der Waals surface area contributed by atoms with Crippen molar-refractivity contribution in [1.29, 1.82) is 0 Å². The molecule has 0 bridgehead atoms. The summed E-state index contributed by atoms with van der Waals surface area (Å²) in [6, 6.07) is 28.6. The molecule has 0 aliphatic rings. The molecule has 0 spiro atoms. The Morgan fingerprint density at radius 3 is 2.02 bits per heavy atom. The maximum atomic E-state index is 13.9. The Labute approximate surface area is 310 Å². The lowest BCUT2D eigenvalue weighted by Gasteiger charge is -2.31. The highest BCUT2D eigenvalue weighted by Crippen LogP contribution is 2.19. The van der Waals surface area contributed by atoms with Gasteiger partial charge in [-0.25, -0.2) is 9.59 Å². The maximum absolute atomic E-state index is 13.9. The molecule has 0 radical (unpaired) electrons. The molecule has 0 aliphatic heterocycles. The lowest BCUT2D eigenvalue weighted by atomic mass is 9.92. The number of pyridine rings is 1. The van der Waals surface area contributed by atoms with Crippen LogP contribution in [0.2, 0.25) is 0 Å². The number of benzene rings is 3. The normalized spacial score (nSPS) is 13.7. The van der Waals surface area contributed by atoms with E-state index < -0.39 is 48.2 Å². The lowest BCUT2D eigenvalue weighted by Crippen LogP contribution is -2.56. The van der Waals surface area contributed by atoms with Gasteiger partial charge in [0.05, 0.1) is 35.7 Å². The quantitative estimate of drug-likeness (QED) is 0.0858. The van der Waals surface area contributed by atoms with Gasteiger partial charge in [-0.05, 0) is 67.5 Å². The van der Waals surface area contributed by atoms with Crippen LogP contribution >= 0.6 is 0 Å². The van der Waals surface area contributed by atoms with Gasteiger partial charge in [0.2, 0.25) is 5.91 Å². The van der Waals surface area contributed by atoms with Crippen LogP contribution in [-0.4, -0.2) is 64.9 Å². The van der Waals surface area contributed by atoms with Crippen LogP contribution in [0.3, 0.4) is 0 Å². The molecule has 4 aromatic rings. The summed E-state index contributed by atoms with van der Waals surface area (Å²) in [6.07, 6.45) is 0.373. The predicted octanol–water partition coefficient (Wildman–Crippen LogP) is 5.81. The zero-order valence-corrected chi connectivity index (χ0v) is 30.4. The average Bonchev–Trinajstić information content (AvgIpc) is 3.17. The number of hydrogen-bond donors (Lipinski definition) is 5. The van der Waals surface area contributed by atoms with Gasteiger partial charge in [-0.3, -0.25) is 19.9 Å². The molecule has 5 N–H and O–H groups in total. The molecule has 12 heteroatoms. The van der Waals surface area contributed by atoms with Crippen molar-refractivity contribution in [2.24, 2.45) is 5.92 Å². The van der Waals surface area contributed by atoms with Gasteiger partial charge in [0.25, 0.3) is 5.91 Å². The molecule has 4 rings (SSSR count). The summed E-state index contributed by atoms with van der Waals surface area (Å²) >= 11 is 0. The molecule has 1 unspecified atom stereocenters. The van der Waals surface area contributed by atoms with E-state index in [-0.39, 0.29) is 36.8 Å². The van der Waals surface area contributed by atoms with Gasteiger partial charge >= 0.3 is 12.2 Å². The van der Waals surface area contributed by atoms with E-state index >= 15 is 0 Å². The third-order valence-electron chi connectivity index (χ3n) is 8.81. The Morgan fingerprint density at radius 2 is 1.38 bits per heavy atom. The molecule has 280 valence electrons. The minimum Gasteiger partial charge on any atom is -0.450 e. The largest absolute Gasteiger partial charge is 0.450 e. The highest BCUT2D eigenvalue weighted by atomic mass is 16.6. The fraction of sp³-hybridized carbons (Fsp3) is 0.341. The molecule has 0 saturated carbocycles. The Morgan fingerprint density at radius 1 is 0.736 bits per heavy atom. The first-order valence-corrected chi connectivity index (χ1v) is 17.9. The number of para-hydroxylation sites is 1. The highest BCUT2D eigenvalue weighted by Gasteiger charge is 2.32. The van der Waals surface area contributed by atoms with Gasteiger partial charge in [0.15, 0.2) is 0 Å². The number of nitrogens with one attached hydrogen (secondary N) is 4. The number of hydrogen-bond acceptors (Lipinski definition) is 8. The number of rotatable bonds is 18. The van der Waals surface area contributed by atoms with Crippen molar-refractivity contribution in [3.63, 3.8) is 0 Å². The molecule has 0 aliphatic carbocycles. The minimum atomic E-state index is -1.12. The van der Waals surface area contributed by atoms with E-state index in [2.05, 4.69) is 26.3 Å². The van der Waals surface area contributed by atoms with Crippen molar-refractivity contribution in [3.05, 3.63) is 132 Å². The van der Waals surface area contributed by atoms with Crippen molar-refractivity contribution >= 4 is 29.7 Å². The summed E-state index contributed by atoms with van der Waals surface area (Å²) in [5, 5.41) is 23.3. The van der Waals surface area contributed by atoms with Crippen LogP contribution in [0.4, 0.5) is 15.3 Å². The highest BCUT2D eigenvalue weighted by molar-refractivity contribution is 6.02. The molecule has 5 atom stereocenters. The molecule has 53 heavy (non-hydrogen) atoms. The van der Waals surface area contributed by atoms with Gasteiger partial charge in [-0.2, -0.15) is 0 Å². The SMILES string of the molecule is CCOC(=O)N[C@H](C(=O)N[C@@H](Cc1ccccc1)[C@@H](O)C[C@H](Cc1ccccc1)NC(=O)c1ccccc1NC(=O)OCc1ccccn1)C(C)CC. The zero-order chi connectivity index (χ0) is 38.0. The monoisotopic (exact) mass is 723 g/mol. The molecule has 1 heterocycles. The summed E-state index contributed by atoms with van der Waals surface area (Å²) in [4.78, 5) is 56.9. The number of aliphatic hydroxyl groups excluding tert-OH is 1. The third kappa shape index (κ3) is 13.1. The standard InChI is InChI=1S/C41H49N5O7/c1-4-28(3)37(46-41(51)52-5-2)39(49)44-35(25-30-18-10-7-11-19-30)36(47)26-32(24-29-16-8-6-9-17-29)43-38(48)33-21-12-13-22-34(33)45-40(50)53-27-31-20-14-15-23-42-31/h6-23,28,32,35-37,47H,4-5,24-27H2,1-3H3,(H,43,48)(H,44,49)(H,45,50)(H,46,51)/t28?,32-,35-,36-,37-/m0/s1. The van der Waals surface area contributed by atoms with Crippen molar-refractivity contribution in [2.75, 3.05) is 11.9 Å². The number of carbonyl (C=O) groups is 4. The summed E-state index contributed by atoms with van der Waals surface area (Å²) in [5.74, 6) is -1.15. The number of aliphatic hydroxyl groups is 1. The Bertz CT molecular complexity index is 1740. The summed E-state index contributed by atoms with van der Waals surface area (Å²) < 4.78 is 10.4. The molecule has 0 saturated heterocycles. The van der Waals surface area contributed by atoms with Crippen LogP contribution in [0.25, 0.3) is 0 Å². The van der Waals surface area contributed by atoms with Crippen LogP contribution in [0.15, 0.2) is 109 Å². The number of carbonyl (C=O) groups excluding carboxylic acids is 4. The second-order valence-corrected chi connectivity index (χ2v) is 12.8. The van der Waals surface area contributed by atoms with E-state index in [1.165, 1.54) is 0 Å². The molecular weight excluding hydrogens is 674 g/mol. The van der Waals surface area contributed by atoms with Crippen LogP contribution in [0.1, 0.15) is 60.8 Å². The second kappa shape index (κ2) is 20.9. The van der Waals surface area contributed by atoms with Crippen molar-refractivity contribution < 1.29 is 33.8 Å². The first-order chi connectivity index (χ1) is 25.7. The Balaban J connectivity index is 1.54.